The van der Waals surface area contributed by atoms with Gasteiger partial charge in [-0.1, -0.05) is 0 Å². The number of hydrogen-bond donors (Lipinski definition) is 2. The third kappa shape index (κ3) is 2.95. The van der Waals surface area contributed by atoms with Crippen LogP contribution in [-0.4, -0.2) is 49.1 Å². The van der Waals surface area contributed by atoms with Crippen LogP contribution >= 0.6 is 0 Å². The van der Waals surface area contributed by atoms with E-state index in [9.17, 15) is 4.79 Å². The highest BCUT2D eigenvalue weighted by atomic mass is 16.1. The van der Waals surface area contributed by atoms with Crippen molar-refractivity contribution < 1.29 is 4.79 Å². The van der Waals surface area contributed by atoms with Gasteiger partial charge in [0.25, 0.3) is 0 Å². The van der Waals surface area contributed by atoms with Gasteiger partial charge in [0.1, 0.15) is 0 Å². The van der Waals surface area contributed by atoms with E-state index in [1.807, 2.05) is 0 Å². The van der Waals surface area contributed by atoms with Gasteiger partial charge in [-0.3, -0.25) is 4.79 Å². The van der Waals surface area contributed by atoms with Gasteiger partial charge < -0.3 is 15.5 Å². The average Bonchev–Trinajstić information content (AvgIpc) is 2.66. The van der Waals surface area contributed by atoms with Gasteiger partial charge in [-0.25, -0.2) is 0 Å². The molecule has 0 aliphatic carbocycles. The fourth-order valence-corrected chi connectivity index (χ4v) is 2.61. The van der Waals surface area contributed by atoms with Gasteiger partial charge >= 0.3 is 0 Å². The highest BCUT2D eigenvalue weighted by molar-refractivity contribution is 5.78. The van der Waals surface area contributed by atoms with Crippen LogP contribution in [0.25, 0.3) is 0 Å². The molecule has 3 unspecified atom stereocenters. The fraction of sp³-hybridized carbons (Fsp3) is 0.917. The summed E-state index contributed by atoms with van der Waals surface area (Å²) in [4.78, 5) is 13.5. The molecule has 0 aromatic carbocycles. The molecule has 4 nitrogen and oxygen atoms in total. The topological polar surface area (TPSA) is 44.4 Å². The Bertz CT molecular complexity index is 257. The second-order valence-electron chi connectivity index (χ2n) is 5.26. The number of likely N-dealkylation sites (tertiary alicyclic amines) is 1. The van der Waals surface area contributed by atoms with Crippen LogP contribution in [0.1, 0.15) is 32.6 Å². The molecule has 2 saturated heterocycles. The maximum atomic E-state index is 11.1. The van der Waals surface area contributed by atoms with Crippen molar-refractivity contribution in [3.8, 4) is 0 Å². The number of amides is 1. The van der Waals surface area contributed by atoms with Crippen LogP contribution in [0.15, 0.2) is 0 Å². The van der Waals surface area contributed by atoms with Crippen LogP contribution in [0, 0.1) is 0 Å². The first-order chi connectivity index (χ1) is 7.65. The first-order valence-electron chi connectivity index (χ1n) is 6.38. The Morgan fingerprint density at radius 1 is 1.50 bits per heavy atom. The summed E-state index contributed by atoms with van der Waals surface area (Å²) >= 11 is 0. The number of carbonyl (C=O) groups excluding carboxylic acids is 1. The lowest BCUT2D eigenvalue weighted by molar-refractivity contribution is -0.119. The molecule has 0 saturated carbocycles. The van der Waals surface area contributed by atoms with Crippen LogP contribution in [0.4, 0.5) is 0 Å². The molecule has 2 aliphatic heterocycles. The second kappa shape index (κ2) is 5.15. The van der Waals surface area contributed by atoms with Crippen LogP contribution in [0.3, 0.4) is 0 Å². The van der Waals surface area contributed by atoms with Crippen molar-refractivity contribution in [3.05, 3.63) is 0 Å². The molecule has 92 valence electrons. The quantitative estimate of drug-likeness (QED) is 0.728. The van der Waals surface area contributed by atoms with Crippen molar-refractivity contribution >= 4 is 5.91 Å². The average molecular weight is 225 g/mol. The van der Waals surface area contributed by atoms with E-state index in [0.717, 1.165) is 13.0 Å². The summed E-state index contributed by atoms with van der Waals surface area (Å²) in [6.45, 7) is 4.40. The predicted octanol–water partition coefficient (Wildman–Crippen LogP) is 0.337. The standard InChI is InChI=1S/C12H23N3O/c1-9-7-10(5-6-15(9)2)13-8-11-3-4-12(16)14-11/h9-11,13H,3-8H2,1-2H3,(H,14,16). The largest absolute Gasteiger partial charge is 0.352 e. The Morgan fingerprint density at radius 2 is 2.31 bits per heavy atom. The lowest BCUT2D eigenvalue weighted by Gasteiger charge is -2.35. The first-order valence-corrected chi connectivity index (χ1v) is 6.38. The van der Waals surface area contributed by atoms with Crippen molar-refractivity contribution in [1.82, 2.24) is 15.5 Å². The Balaban J connectivity index is 1.68. The predicted molar refractivity (Wildman–Crippen MR) is 64.3 cm³/mol. The minimum Gasteiger partial charge on any atom is -0.352 e. The molecule has 0 spiro atoms. The Morgan fingerprint density at radius 3 is 2.94 bits per heavy atom. The van der Waals surface area contributed by atoms with E-state index in [1.54, 1.807) is 0 Å². The molecule has 2 rings (SSSR count). The van der Waals surface area contributed by atoms with E-state index in [1.165, 1.54) is 19.4 Å². The fourth-order valence-electron chi connectivity index (χ4n) is 2.61. The zero-order valence-electron chi connectivity index (χ0n) is 10.3. The molecule has 0 bridgehead atoms. The van der Waals surface area contributed by atoms with E-state index < -0.39 is 0 Å². The third-order valence-electron chi connectivity index (χ3n) is 3.95. The minimum absolute atomic E-state index is 0.212. The van der Waals surface area contributed by atoms with Gasteiger partial charge in [0.15, 0.2) is 0 Å². The monoisotopic (exact) mass is 225 g/mol. The second-order valence-corrected chi connectivity index (χ2v) is 5.26. The number of hydrogen-bond acceptors (Lipinski definition) is 3. The number of rotatable bonds is 3. The number of nitrogens with zero attached hydrogens (tertiary/aromatic N) is 1. The number of nitrogens with one attached hydrogen (secondary N) is 2. The Labute approximate surface area is 97.8 Å². The van der Waals surface area contributed by atoms with Crippen LogP contribution in [0.2, 0.25) is 0 Å². The first kappa shape index (κ1) is 11.9. The van der Waals surface area contributed by atoms with Crippen LogP contribution in [0.5, 0.6) is 0 Å². The molecule has 2 heterocycles. The summed E-state index contributed by atoms with van der Waals surface area (Å²) in [6, 6.07) is 1.66. The lowest BCUT2D eigenvalue weighted by atomic mass is 9.98. The van der Waals surface area contributed by atoms with Gasteiger partial charge in [-0.05, 0) is 39.8 Å². The normalized spacial score (nSPS) is 36.4. The van der Waals surface area contributed by atoms with Gasteiger partial charge in [-0.2, -0.15) is 0 Å². The highest BCUT2D eigenvalue weighted by Crippen LogP contribution is 2.15. The minimum atomic E-state index is 0.212. The summed E-state index contributed by atoms with van der Waals surface area (Å²) < 4.78 is 0. The molecular formula is C12H23N3O. The molecule has 0 aromatic heterocycles. The van der Waals surface area contributed by atoms with Gasteiger partial charge in [0, 0.05) is 31.1 Å². The zero-order chi connectivity index (χ0) is 11.5. The molecule has 3 atom stereocenters. The molecule has 4 heteroatoms. The van der Waals surface area contributed by atoms with Crippen molar-refractivity contribution in [1.29, 1.82) is 0 Å². The van der Waals surface area contributed by atoms with E-state index in [2.05, 4.69) is 29.5 Å². The Kier molecular flexibility index (Phi) is 3.82. The smallest absolute Gasteiger partial charge is 0.220 e. The maximum Gasteiger partial charge on any atom is 0.220 e. The summed E-state index contributed by atoms with van der Waals surface area (Å²) in [5.74, 6) is 0.212. The summed E-state index contributed by atoms with van der Waals surface area (Å²) in [5.41, 5.74) is 0. The lowest BCUT2D eigenvalue weighted by Crippen LogP contribution is -2.48. The van der Waals surface area contributed by atoms with E-state index in [-0.39, 0.29) is 5.91 Å². The zero-order valence-corrected chi connectivity index (χ0v) is 10.3. The highest BCUT2D eigenvalue weighted by Gasteiger charge is 2.25. The molecule has 1 amide bonds. The third-order valence-corrected chi connectivity index (χ3v) is 3.95. The molecule has 2 fully saturated rings. The van der Waals surface area contributed by atoms with E-state index in [0.29, 0.717) is 24.5 Å². The van der Waals surface area contributed by atoms with Crippen molar-refractivity contribution in [2.45, 2.75) is 50.7 Å². The molecule has 2 aliphatic rings. The van der Waals surface area contributed by atoms with Crippen molar-refractivity contribution in [2.24, 2.45) is 0 Å². The van der Waals surface area contributed by atoms with Crippen molar-refractivity contribution in [2.75, 3.05) is 20.1 Å². The molecule has 16 heavy (non-hydrogen) atoms. The van der Waals surface area contributed by atoms with Crippen LogP contribution < -0.4 is 10.6 Å². The van der Waals surface area contributed by atoms with E-state index in [4.69, 9.17) is 0 Å². The SMILES string of the molecule is CC1CC(NCC2CCC(=O)N2)CCN1C. The summed E-state index contributed by atoms with van der Waals surface area (Å²) in [5, 5.41) is 6.60. The number of piperidine rings is 1. The van der Waals surface area contributed by atoms with Gasteiger partial charge in [0.05, 0.1) is 0 Å². The van der Waals surface area contributed by atoms with Crippen molar-refractivity contribution in [3.63, 3.8) is 0 Å². The summed E-state index contributed by atoms with van der Waals surface area (Å²) in [6.07, 6.45) is 4.14. The molecular weight excluding hydrogens is 202 g/mol. The Hall–Kier alpha value is -0.610. The molecule has 0 radical (unpaired) electrons. The van der Waals surface area contributed by atoms with Gasteiger partial charge in [-0.15, -0.1) is 0 Å². The van der Waals surface area contributed by atoms with E-state index >= 15 is 0 Å². The molecule has 0 aromatic rings. The van der Waals surface area contributed by atoms with Gasteiger partial charge in [0.2, 0.25) is 5.91 Å². The summed E-state index contributed by atoms with van der Waals surface area (Å²) in [7, 11) is 2.19. The molecule has 2 N–H and O–H groups in total. The van der Waals surface area contributed by atoms with Crippen LogP contribution in [-0.2, 0) is 4.79 Å². The number of carbonyl (C=O) groups is 1. The maximum absolute atomic E-state index is 11.1.